The van der Waals surface area contributed by atoms with Crippen LogP contribution in [0.4, 0.5) is 0 Å². The number of rotatable bonds is 4. The maximum atomic E-state index is 11.9. The Bertz CT molecular complexity index is 902. The Morgan fingerprint density at radius 2 is 2.00 bits per heavy atom. The van der Waals surface area contributed by atoms with Gasteiger partial charge in [-0.05, 0) is 37.6 Å². The van der Waals surface area contributed by atoms with Gasteiger partial charge < -0.3 is 10.5 Å². The molecule has 3 rings (SSSR count). The normalized spacial score (nSPS) is 11.1. The first-order valence-electron chi connectivity index (χ1n) is 7.42. The van der Waals surface area contributed by atoms with Gasteiger partial charge in [0, 0.05) is 23.7 Å². The Balaban J connectivity index is 2.12. The van der Waals surface area contributed by atoms with Crippen LogP contribution in [0, 0.1) is 0 Å². The van der Waals surface area contributed by atoms with E-state index in [0.717, 1.165) is 16.5 Å². The van der Waals surface area contributed by atoms with Crippen molar-refractivity contribution >= 4 is 10.8 Å². The van der Waals surface area contributed by atoms with Crippen molar-refractivity contribution in [1.82, 2.24) is 15.2 Å². The van der Waals surface area contributed by atoms with Crippen molar-refractivity contribution in [2.75, 3.05) is 0 Å². The van der Waals surface area contributed by atoms with Crippen molar-refractivity contribution in [3.63, 3.8) is 0 Å². The summed E-state index contributed by atoms with van der Waals surface area (Å²) >= 11 is 0. The lowest BCUT2D eigenvalue weighted by molar-refractivity contribution is 0.241. The van der Waals surface area contributed by atoms with Gasteiger partial charge in [0.25, 0.3) is 5.56 Å². The van der Waals surface area contributed by atoms with Gasteiger partial charge in [-0.1, -0.05) is 6.07 Å². The van der Waals surface area contributed by atoms with Crippen molar-refractivity contribution in [1.29, 1.82) is 0 Å². The minimum Gasteiger partial charge on any atom is -0.489 e. The van der Waals surface area contributed by atoms with E-state index in [1.165, 1.54) is 0 Å². The van der Waals surface area contributed by atoms with E-state index in [9.17, 15) is 4.79 Å². The van der Waals surface area contributed by atoms with Gasteiger partial charge in [-0.15, -0.1) is 0 Å². The van der Waals surface area contributed by atoms with Gasteiger partial charge in [0.15, 0.2) is 0 Å². The van der Waals surface area contributed by atoms with E-state index in [-0.39, 0.29) is 18.2 Å². The molecule has 0 unspecified atom stereocenters. The molecule has 0 fully saturated rings. The summed E-state index contributed by atoms with van der Waals surface area (Å²) in [6, 6.07) is 7.50. The lowest BCUT2D eigenvalue weighted by atomic mass is 10.0. The number of hydrogen-bond donors (Lipinski definition) is 2. The topological polar surface area (TPSA) is 93.9 Å². The molecule has 2 heterocycles. The van der Waals surface area contributed by atoms with E-state index in [1.807, 2.05) is 32.0 Å². The van der Waals surface area contributed by atoms with E-state index < -0.39 is 0 Å². The molecular weight excluding hydrogens is 292 g/mol. The number of benzene rings is 1. The monoisotopic (exact) mass is 310 g/mol. The number of nitrogens with one attached hydrogen (secondary N) is 1. The van der Waals surface area contributed by atoms with Crippen LogP contribution in [0.5, 0.6) is 5.75 Å². The Morgan fingerprint density at radius 3 is 2.74 bits per heavy atom. The molecule has 6 nitrogen and oxygen atoms in total. The van der Waals surface area contributed by atoms with Crippen molar-refractivity contribution in [3.8, 4) is 16.9 Å². The highest BCUT2D eigenvalue weighted by atomic mass is 16.5. The molecule has 0 saturated carbocycles. The van der Waals surface area contributed by atoms with Crippen molar-refractivity contribution < 1.29 is 4.74 Å². The highest BCUT2D eigenvalue weighted by Crippen LogP contribution is 2.26. The lowest BCUT2D eigenvalue weighted by Crippen LogP contribution is -2.13. The Labute approximate surface area is 133 Å². The average molecular weight is 310 g/mol. The lowest BCUT2D eigenvalue weighted by Gasteiger charge is -2.11. The fourth-order valence-electron chi connectivity index (χ4n) is 2.47. The number of nitrogens with two attached hydrogens (primary N) is 1. The zero-order chi connectivity index (χ0) is 16.4. The van der Waals surface area contributed by atoms with E-state index in [2.05, 4.69) is 15.2 Å². The standard InChI is InChI=1S/C17H18N4O2/c1-10(2)23-13-5-12(8-19-9-13)11-3-4-14-15(6-11)16(7-18)20-21-17(14)22/h3-6,8-10H,7,18H2,1-2H3,(H,21,22). The first-order chi connectivity index (χ1) is 11.1. The minimum atomic E-state index is -0.223. The van der Waals surface area contributed by atoms with Crippen LogP contribution in [-0.2, 0) is 6.54 Å². The molecule has 0 saturated heterocycles. The maximum absolute atomic E-state index is 11.9. The smallest absolute Gasteiger partial charge is 0.272 e. The molecule has 0 atom stereocenters. The number of fused-ring (bicyclic) bond motifs is 1. The first kappa shape index (κ1) is 15.2. The van der Waals surface area contributed by atoms with Crippen molar-refractivity contribution in [2.24, 2.45) is 5.73 Å². The molecule has 0 radical (unpaired) electrons. The number of aromatic nitrogens is 3. The van der Waals surface area contributed by atoms with E-state index >= 15 is 0 Å². The number of aromatic amines is 1. The van der Waals surface area contributed by atoms with Crippen molar-refractivity contribution in [2.45, 2.75) is 26.5 Å². The predicted octanol–water partition coefficient (Wildman–Crippen LogP) is 2.23. The summed E-state index contributed by atoms with van der Waals surface area (Å²) in [5, 5.41) is 7.81. The molecule has 118 valence electrons. The summed E-state index contributed by atoms with van der Waals surface area (Å²) in [5.74, 6) is 0.709. The summed E-state index contributed by atoms with van der Waals surface area (Å²) in [6.07, 6.45) is 3.52. The second-order valence-electron chi connectivity index (χ2n) is 5.54. The summed E-state index contributed by atoms with van der Waals surface area (Å²) in [5.41, 5.74) is 7.99. The third-order valence-electron chi connectivity index (χ3n) is 3.48. The number of ether oxygens (including phenoxy) is 1. The summed E-state index contributed by atoms with van der Waals surface area (Å²) < 4.78 is 5.68. The van der Waals surface area contributed by atoms with Crippen molar-refractivity contribution in [3.05, 3.63) is 52.7 Å². The van der Waals surface area contributed by atoms with Crippen LogP contribution < -0.4 is 16.0 Å². The molecule has 23 heavy (non-hydrogen) atoms. The fourth-order valence-corrected chi connectivity index (χ4v) is 2.47. The zero-order valence-electron chi connectivity index (χ0n) is 13.0. The molecule has 2 aromatic heterocycles. The van der Waals surface area contributed by atoms with Gasteiger partial charge in [-0.2, -0.15) is 5.10 Å². The number of nitrogens with zero attached hydrogens (tertiary/aromatic N) is 2. The van der Waals surface area contributed by atoms with Gasteiger partial charge in [0.1, 0.15) is 5.75 Å². The second kappa shape index (κ2) is 6.18. The minimum absolute atomic E-state index is 0.0789. The molecule has 6 heteroatoms. The van der Waals surface area contributed by atoms with Gasteiger partial charge >= 0.3 is 0 Å². The van der Waals surface area contributed by atoms with E-state index in [1.54, 1.807) is 18.5 Å². The third kappa shape index (κ3) is 3.07. The van der Waals surface area contributed by atoms with Crippen LogP contribution in [-0.4, -0.2) is 21.3 Å². The van der Waals surface area contributed by atoms with Crippen LogP contribution in [0.1, 0.15) is 19.5 Å². The SMILES string of the molecule is CC(C)Oc1cncc(-c2ccc3c(=O)[nH]nc(CN)c3c2)c1. The van der Waals surface area contributed by atoms with Gasteiger partial charge in [0.05, 0.1) is 23.4 Å². The highest BCUT2D eigenvalue weighted by Gasteiger charge is 2.09. The molecule has 3 N–H and O–H groups in total. The number of hydrogen-bond acceptors (Lipinski definition) is 5. The molecular formula is C17H18N4O2. The summed E-state index contributed by atoms with van der Waals surface area (Å²) in [4.78, 5) is 16.1. The van der Waals surface area contributed by atoms with Gasteiger partial charge in [0.2, 0.25) is 0 Å². The number of H-pyrrole nitrogens is 1. The Hall–Kier alpha value is -2.73. The summed E-state index contributed by atoms with van der Waals surface area (Å²) in [6.45, 7) is 4.19. The zero-order valence-corrected chi connectivity index (χ0v) is 13.0. The molecule has 3 aromatic rings. The van der Waals surface area contributed by atoms with Crippen LogP contribution >= 0.6 is 0 Å². The average Bonchev–Trinajstić information content (AvgIpc) is 2.54. The fraction of sp³-hybridized carbons (Fsp3) is 0.235. The molecule has 0 amide bonds. The molecule has 0 aliphatic heterocycles. The Morgan fingerprint density at radius 1 is 1.17 bits per heavy atom. The van der Waals surface area contributed by atoms with Crippen LogP contribution in [0.25, 0.3) is 21.9 Å². The van der Waals surface area contributed by atoms with E-state index in [4.69, 9.17) is 10.5 Å². The van der Waals surface area contributed by atoms with Gasteiger partial charge in [-0.25, -0.2) is 5.10 Å². The van der Waals surface area contributed by atoms with Gasteiger partial charge in [-0.3, -0.25) is 9.78 Å². The molecule has 0 aliphatic rings. The first-order valence-corrected chi connectivity index (χ1v) is 7.42. The maximum Gasteiger partial charge on any atom is 0.272 e. The molecule has 0 aliphatic carbocycles. The molecule has 1 aromatic carbocycles. The van der Waals surface area contributed by atoms with Crippen LogP contribution in [0.3, 0.4) is 0 Å². The van der Waals surface area contributed by atoms with Crippen LogP contribution in [0.2, 0.25) is 0 Å². The Kier molecular flexibility index (Phi) is 4.08. The molecule has 0 bridgehead atoms. The molecule has 0 spiro atoms. The van der Waals surface area contributed by atoms with E-state index in [0.29, 0.717) is 16.8 Å². The predicted molar refractivity (Wildman–Crippen MR) is 89.3 cm³/mol. The third-order valence-corrected chi connectivity index (χ3v) is 3.48. The van der Waals surface area contributed by atoms with Crippen LogP contribution in [0.15, 0.2) is 41.5 Å². The second-order valence-corrected chi connectivity index (χ2v) is 5.54. The number of pyridine rings is 1. The summed E-state index contributed by atoms with van der Waals surface area (Å²) in [7, 11) is 0. The highest BCUT2D eigenvalue weighted by molar-refractivity contribution is 5.88. The largest absolute Gasteiger partial charge is 0.489 e. The quantitative estimate of drug-likeness (QED) is 0.770.